The van der Waals surface area contributed by atoms with E-state index in [0.29, 0.717) is 17.9 Å². The van der Waals surface area contributed by atoms with Crippen molar-refractivity contribution in [3.05, 3.63) is 34.9 Å². The van der Waals surface area contributed by atoms with Gasteiger partial charge in [-0.15, -0.1) is 0 Å². The molecule has 4 nitrogen and oxygen atoms in total. The SMILES string of the molecule is Cc1nn(C2CC2CC(C)c2cc(C)n(C)n2)cc1C(C)C. The van der Waals surface area contributed by atoms with Gasteiger partial charge in [-0.1, -0.05) is 20.8 Å². The van der Waals surface area contributed by atoms with Gasteiger partial charge in [0.1, 0.15) is 0 Å². The van der Waals surface area contributed by atoms with Gasteiger partial charge in [0, 0.05) is 24.9 Å². The maximum absolute atomic E-state index is 4.74. The molecule has 3 rings (SSSR count). The van der Waals surface area contributed by atoms with Crippen LogP contribution in [0.25, 0.3) is 0 Å². The summed E-state index contributed by atoms with van der Waals surface area (Å²) in [6.45, 7) is 11.0. The second kappa shape index (κ2) is 5.56. The number of rotatable bonds is 5. The lowest BCUT2D eigenvalue weighted by atomic mass is 10.0. The predicted octanol–water partition coefficient (Wildman–Crippen LogP) is 4.11. The summed E-state index contributed by atoms with van der Waals surface area (Å²) in [6.07, 6.45) is 4.73. The fourth-order valence-corrected chi connectivity index (χ4v) is 3.45. The Morgan fingerprint density at radius 1 is 1.23 bits per heavy atom. The van der Waals surface area contributed by atoms with E-state index in [2.05, 4.69) is 56.7 Å². The average molecular weight is 300 g/mol. The lowest BCUT2D eigenvalue weighted by Gasteiger charge is -2.08. The number of nitrogens with zero attached hydrogens (tertiary/aromatic N) is 4. The monoisotopic (exact) mass is 300 g/mol. The van der Waals surface area contributed by atoms with Crippen LogP contribution in [0, 0.1) is 19.8 Å². The molecule has 2 aromatic rings. The smallest absolute Gasteiger partial charge is 0.0655 e. The standard InChI is InChI=1S/C18H28N4/c1-11(2)16-10-22(19-14(16)5)18-9-15(18)7-12(3)17-8-13(4)21(6)20-17/h8,10-12,15,18H,7,9H2,1-6H3. The molecule has 0 bridgehead atoms. The Balaban J connectivity index is 1.63. The summed E-state index contributed by atoms with van der Waals surface area (Å²) >= 11 is 0. The van der Waals surface area contributed by atoms with Gasteiger partial charge >= 0.3 is 0 Å². The summed E-state index contributed by atoms with van der Waals surface area (Å²) in [5.41, 5.74) is 5.04. The molecule has 2 heterocycles. The minimum Gasteiger partial charge on any atom is -0.273 e. The fourth-order valence-electron chi connectivity index (χ4n) is 3.45. The van der Waals surface area contributed by atoms with Crippen molar-refractivity contribution in [1.82, 2.24) is 19.6 Å². The zero-order chi connectivity index (χ0) is 16.0. The van der Waals surface area contributed by atoms with Gasteiger partial charge in [-0.3, -0.25) is 9.36 Å². The van der Waals surface area contributed by atoms with E-state index < -0.39 is 0 Å². The third-order valence-electron chi connectivity index (χ3n) is 5.10. The van der Waals surface area contributed by atoms with Crippen LogP contribution in [0.15, 0.2) is 12.3 Å². The number of aryl methyl sites for hydroxylation is 3. The Hall–Kier alpha value is -1.58. The highest BCUT2D eigenvalue weighted by Gasteiger charge is 2.40. The molecule has 0 amide bonds. The molecular formula is C18H28N4. The van der Waals surface area contributed by atoms with Gasteiger partial charge in [0.25, 0.3) is 0 Å². The van der Waals surface area contributed by atoms with Gasteiger partial charge in [-0.25, -0.2) is 0 Å². The first-order valence-electron chi connectivity index (χ1n) is 8.43. The van der Waals surface area contributed by atoms with Crippen LogP contribution in [0.1, 0.15) is 74.1 Å². The van der Waals surface area contributed by atoms with Crippen molar-refractivity contribution in [1.29, 1.82) is 0 Å². The molecule has 0 aromatic carbocycles. The lowest BCUT2D eigenvalue weighted by molar-refractivity contribution is 0.521. The fraction of sp³-hybridized carbons (Fsp3) is 0.667. The second-order valence-corrected chi connectivity index (χ2v) is 7.34. The van der Waals surface area contributed by atoms with Crippen LogP contribution in [-0.4, -0.2) is 19.6 Å². The van der Waals surface area contributed by atoms with Crippen LogP contribution in [0.3, 0.4) is 0 Å². The van der Waals surface area contributed by atoms with Crippen molar-refractivity contribution in [2.45, 2.75) is 65.3 Å². The molecule has 1 aliphatic carbocycles. The Labute approximate surface area is 133 Å². The summed E-state index contributed by atoms with van der Waals surface area (Å²) in [6, 6.07) is 2.82. The first-order valence-corrected chi connectivity index (χ1v) is 8.43. The molecule has 0 saturated heterocycles. The predicted molar refractivity (Wildman–Crippen MR) is 89.2 cm³/mol. The molecule has 1 fully saturated rings. The topological polar surface area (TPSA) is 35.6 Å². The summed E-state index contributed by atoms with van der Waals surface area (Å²) in [5, 5.41) is 9.36. The van der Waals surface area contributed by atoms with Gasteiger partial charge < -0.3 is 0 Å². The first-order chi connectivity index (χ1) is 10.4. The van der Waals surface area contributed by atoms with Crippen LogP contribution < -0.4 is 0 Å². The first kappa shape index (κ1) is 15.3. The largest absolute Gasteiger partial charge is 0.273 e. The Kier molecular flexibility index (Phi) is 3.87. The van der Waals surface area contributed by atoms with E-state index in [0.717, 1.165) is 5.92 Å². The third kappa shape index (κ3) is 2.83. The maximum atomic E-state index is 4.74. The Bertz CT molecular complexity index is 645. The molecule has 120 valence electrons. The molecule has 3 atom stereocenters. The molecule has 22 heavy (non-hydrogen) atoms. The summed E-state index contributed by atoms with van der Waals surface area (Å²) in [5.74, 6) is 1.83. The van der Waals surface area contributed by atoms with Crippen LogP contribution in [0.4, 0.5) is 0 Å². The number of aromatic nitrogens is 4. The zero-order valence-corrected chi connectivity index (χ0v) is 14.7. The van der Waals surface area contributed by atoms with Crippen molar-refractivity contribution in [2.24, 2.45) is 13.0 Å². The summed E-state index contributed by atoms with van der Waals surface area (Å²) < 4.78 is 4.19. The Morgan fingerprint density at radius 2 is 1.95 bits per heavy atom. The second-order valence-electron chi connectivity index (χ2n) is 7.34. The van der Waals surface area contributed by atoms with Gasteiger partial charge in [0.05, 0.1) is 17.4 Å². The summed E-state index contributed by atoms with van der Waals surface area (Å²) in [4.78, 5) is 0. The maximum Gasteiger partial charge on any atom is 0.0655 e. The molecule has 1 saturated carbocycles. The lowest BCUT2D eigenvalue weighted by Crippen LogP contribution is -2.02. The van der Waals surface area contributed by atoms with Crippen molar-refractivity contribution < 1.29 is 0 Å². The van der Waals surface area contributed by atoms with Crippen LogP contribution in [0.5, 0.6) is 0 Å². The number of hydrogen-bond donors (Lipinski definition) is 0. The van der Waals surface area contributed by atoms with Crippen molar-refractivity contribution >= 4 is 0 Å². The molecule has 0 radical (unpaired) electrons. The van der Waals surface area contributed by atoms with Gasteiger partial charge in [-0.05, 0) is 50.2 Å². The van der Waals surface area contributed by atoms with E-state index >= 15 is 0 Å². The Morgan fingerprint density at radius 3 is 2.50 bits per heavy atom. The van der Waals surface area contributed by atoms with Crippen molar-refractivity contribution in [3.63, 3.8) is 0 Å². The van der Waals surface area contributed by atoms with E-state index in [1.165, 1.54) is 35.5 Å². The highest BCUT2D eigenvalue weighted by Crippen LogP contribution is 2.48. The van der Waals surface area contributed by atoms with Gasteiger partial charge in [0.2, 0.25) is 0 Å². The zero-order valence-electron chi connectivity index (χ0n) is 14.7. The van der Waals surface area contributed by atoms with Crippen LogP contribution in [-0.2, 0) is 7.05 Å². The molecule has 0 aliphatic heterocycles. The quantitative estimate of drug-likeness (QED) is 0.833. The molecule has 4 heteroatoms. The van der Waals surface area contributed by atoms with E-state index in [4.69, 9.17) is 5.10 Å². The highest BCUT2D eigenvalue weighted by atomic mass is 15.3. The van der Waals surface area contributed by atoms with E-state index in [9.17, 15) is 0 Å². The minimum atomic E-state index is 0.524. The third-order valence-corrected chi connectivity index (χ3v) is 5.10. The molecule has 0 spiro atoms. The van der Waals surface area contributed by atoms with E-state index in [-0.39, 0.29) is 0 Å². The van der Waals surface area contributed by atoms with Crippen LogP contribution in [0.2, 0.25) is 0 Å². The molecule has 0 N–H and O–H groups in total. The number of hydrogen-bond acceptors (Lipinski definition) is 2. The van der Waals surface area contributed by atoms with E-state index in [1.54, 1.807) is 0 Å². The van der Waals surface area contributed by atoms with E-state index in [1.807, 2.05) is 11.7 Å². The normalized spacial score (nSPS) is 22.3. The van der Waals surface area contributed by atoms with Gasteiger partial charge in [0.15, 0.2) is 0 Å². The van der Waals surface area contributed by atoms with Crippen molar-refractivity contribution in [2.75, 3.05) is 0 Å². The molecular weight excluding hydrogens is 272 g/mol. The minimum absolute atomic E-state index is 0.524. The van der Waals surface area contributed by atoms with Gasteiger partial charge in [-0.2, -0.15) is 10.2 Å². The summed E-state index contributed by atoms with van der Waals surface area (Å²) in [7, 11) is 2.02. The molecule has 2 aromatic heterocycles. The average Bonchev–Trinajstić information content (AvgIpc) is 2.96. The highest BCUT2D eigenvalue weighted by molar-refractivity contribution is 5.20. The molecule has 1 aliphatic rings. The van der Waals surface area contributed by atoms with Crippen LogP contribution >= 0.6 is 0 Å². The molecule has 3 unspecified atom stereocenters. The van der Waals surface area contributed by atoms with Crippen molar-refractivity contribution in [3.8, 4) is 0 Å².